The summed E-state index contributed by atoms with van der Waals surface area (Å²) in [5.41, 5.74) is 0.967. The molecule has 0 radical (unpaired) electrons. The van der Waals surface area contributed by atoms with Gasteiger partial charge in [0.05, 0.1) is 5.92 Å². The summed E-state index contributed by atoms with van der Waals surface area (Å²) < 4.78 is 14.9. The van der Waals surface area contributed by atoms with Crippen molar-refractivity contribution in [2.75, 3.05) is 0 Å². The van der Waals surface area contributed by atoms with E-state index in [1.165, 1.54) is 12.1 Å². The summed E-state index contributed by atoms with van der Waals surface area (Å²) in [6.45, 7) is 0. The lowest BCUT2D eigenvalue weighted by Crippen LogP contribution is -2.56. The van der Waals surface area contributed by atoms with Crippen molar-refractivity contribution < 1.29 is 13.8 Å². The Morgan fingerprint density at radius 2 is 1.83 bits per heavy atom. The van der Waals surface area contributed by atoms with Gasteiger partial charge in [0, 0.05) is 17.7 Å². The first-order chi connectivity index (χ1) is 11.1. The fraction of sp³-hybridized carbons (Fsp3) is 0.118. The van der Waals surface area contributed by atoms with E-state index >= 15 is 0 Å². The van der Waals surface area contributed by atoms with E-state index in [4.69, 9.17) is 12.2 Å². The second-order valence-electron chi connectivity index (χ2n) is 5.14. The molecule has 1 aromatic heterocycles. The van der Waals surface area contributed by atoms with E-state index < -0.39 is 12.0 Å². The minimum atomic E-state index is -0.664. The minimum Gasteiger partial charge on any atom is -0.763 e. The molecular weight excluding hydrogens is 313 g/mol. The van der Waals surface area contributed by atoms with Crippen molar-refractivity contribution in [3.05, 3.63) is 77.2 Å². The van der Waals surface area contributed by atoms with Crippen molar-refractivity contribution in [2.24, 2.45) is 0 Å². The summed E-state index contributed by atoms with van der Waals surface area (Å²) in [6.07, 6.45) is 3.51. The van der Waals surface area contributed by atoms with Crippen molar-refractivity contribution in [3.63, 3.8) is 0 Å². The average molecular weight is 325 g/mol. The van der Waals surface area contributed by atoms with Gasteiger partial charge in [-0.15, -0.1) is 0 Å². The van der Waals surface area contributed by atoms with Crippen LogP contribution in [-0.4, -0.2) is 16.8 Å². The van der Waals surface area contributed by atoms with E-state index in [0.717, 1.165) is 0 Å². The van der Waals surface area contributed by atoms with E-state index in [0.29, 0.717) is 11.1 Å². The smallest absolute Gasteiger partial charge is 0.295 e. The van der Waals surface area contributed by atoms with Crippen LogP contribution in [0.1, 0.15) is 17.5 Å². The molecule has 0 unspecified atom stereocenters. The molecule has 1 aliphatic heterocycles. The van der Waals surface area contributed by atoms with Gasteiger partial charge in [-0.2, -0.15) is 4.57 Å². The monoisotopic (exact) mass is 325 g/mol. The number of halogens is 1. The third-order valence-corrected chi connectivity index (χ3v) is 4.11. The molecule has 6 heteroatoms. The van der Waals surface area contributed by atoms with Crippen LogP contribution in [0.25, 0.3) is 5.41 Å². The largest absolute Gasteiger partial charge is 0.763 e. The number of amides is 1. The first-order valence-corrected chi connectivity index (χ1v) is 7.36. The highest BCUT2D eigenvalue weighted by Crippen LogP contribution is 2.35. The number of carbonyl (C=O) groups excluding carboxylic acids is 1. The predicted molar refractivity (Wildman–Crippen MR) is 87.4 cm³/mol. The molecule has 0 spiro atoms. The third-order valence-electron chi connectivity index (χ3n) is 3.79. The minimum absolute atomic E-state index is 0.125. The molecular formula is C17H12FN3OS. The number of pyridine rings is 1. The Labute approximate surface area is 137 Å². The van der Waals surface area contributed by atoms with Crippen LogP contribution in [0.5, 0.6) is 0 Å². The van der Waals surface area contributed by atoms with Crippen LogP contribution < -0.4 is 9.88 Å². The zero-order chi connectivity index (χ0) is 16.4. The molecule has 0 aliphatic carbocycles. The molecule has 3 rings (SSSR count). The van der Waals surface area contributed by atoms with E-state index in [2.05, 4.69) is 11.2 Å². The van der Waals surface area contributed by atoms with Crippen LogP contribution >= 0.6 is 12.2 Å². The zero-order valence-electron chi connectivity index (χ0n) is 11.9. The number of thiocarbonyl (C=S) groups is 1. The summed E-state index contributed by atoms with van der Waals surface area (Å²) in [5.74, 6) is 0.862. The molecule has 1 N–H and O–H groups in total. The maximum atomic E-state index is 13.2. The SMILES string of the molecule is [N-]=C=C1C(=S)NC(=O)[C@H]([n+]2ccccc2)[C@H]1c1ccc(F)cc1. The summed E-state index contributed by atoms with van der Waals surface area (Å²) >= 11 is 5.13. The molecule has 0 saturated carbocycles. The standard InChI is InChI=1S/C17H12FN3OS/c18-12-6-4-11(5-7-12)14-13(10-19)17(23)20-16(22)15(14)21-8-2-1-3-9-21/h1-9,14-15H,(H,20,22,23)/t14-,15+/m0/s1. The lowest BCUT2D eigenvalue weighted by atomic mass is 9.82. The summed E-state index contributed by atoms with van der Waals surface area (Å²) in [7, 11) is 0. The maximum Gasteiger partial charge on any atom is 0.295 e. The Balaban J connectivity index is 2.17. The van der Waals surface area contributed by atoms with E-state index in [-0.39, 0.29) is 16.7 Å². The van der Waals surface area contributed by atoms with Crippen LogP contribution in [0.2, 0.25) is 0 Å². The van der Waals surface area contributed by atoms with Gasteiger partial charge < -0.3 is 10.7 Å². The molecule has 2 heterocycles. The van der Waals surface area contributed by atoms with Crippen LogP contribution in [0, 0.1) is 5.82 Å². The van der Waals surface area contributed by atoms with E-state index in [1.807, 2.05) is 6.07 Å². The molecule has 1 saturated heterocycles. The molecule has 1 aliphatic rings. The van der Waals surface area contributed by atoms with Gasteiger partial charge in [0.2, 0.25) is 6.04 Å². The Morgan fingerprint density at radius 3 is 2.43 bits per heavy atom. The average Bonchev–Trinajstić information content (AvgIpc) is 2.56. The highest BCUT2D eigenvalue weighted by Gasteiger charge is 2.44. The number of carbonyl (C=O) groups is 1. The van der Waals surface area contributed by atoms with Gasteiger partial charge in [0.1, 0.15) is 10.8 Å². The number of nitrogens with zero attached hydrogens (tertiary/aromatic N) is 2. The van der Waals surface area contributed by atoms with Gasteiger partial charge in [0.25, 0.3) is 5.91 Å². The molecule has 1 fully saturated rings. The van der Waals surface area contributed by atoms with Crippen molar-refractivity contribution in [1.29, 1.82) is 0 Å². The molecule has 23 heavy (non-hydrogen) atoms. The Bertz CT molecular complexity index is 813. The normalized spacial score (nSPS) is 20.8. The molecule has 2 atom stereocenters. The second-order valence-corrected chi connectivity index (χ2v) is 5.55. The fourth-order valence-electron chi connectivity index (χ4n) is 2.75. The van der Waals surface area contributed by atoms with Crippen LogP contribution in [0.3, 0.4) is 0 Å². The Morgan fingerprint density at radius 1 is 1.17 bits per heavy atom. The topological polar surface area (TPSA) is 55.3 Å². The van der Waals surface area contributed by atoms with Gasteiger partial charge in [-0.25, -0.2) is 4.39 Å². The maximum absolute atomic E-state index is 13.2. The molecule has 114 valence electrons. The highest BCUT2D eigenvalue weighted by molar-refractivity contribution is 7.80. The number of hydrogen-bond donors (Lipinski definition) is 1. The van der Waals surface area contributed by atoms with Gasteiger partial charge >= 0.3 is 0 Å². The van der Waals surface area contributed by atoms with Crippen LogP contribution in [-0.2, 0) is 4.79 Å². The second kappa shape index (κ2) is 6.20. The number of nitrogens with one attached hydrogen (secondary N) is 1. The summed E-state index contributed by atoms with van der Waals surface area (Å²) in [4.78, 5) is 12.6. The van der Waals surface area contributed by atoms with Gasteiger partial charge in [-0.1, -0.05) is 30.4 Å². The van der Waals surface area contributed by atoms with Gasteiger partial charge in [0.15, 0.2) is 12.4 Å². The molecule has 1 aromatic carbocycles. The van der Waals surface area contributed by atoms with E-state index in [9.17, 15) is 14.6 Å². The summed E-state index contributed by atoms with van der Waals surface area (Å²) in [5, 5.41) is 12.1. The van der Waals surface area contributed by atoms with Crippen molar-refractivity contribution >= 4 is 29.0 Å². The molecule has 4 nitrogen and oxygen atoms in total. The highest BCUT2D eigenvalue weighted by atomic mass is 32.1. The molecule has 2 aromatic rings. The Kier molecular flexibility index (Phi) is 4.10. The number of benzene rings is 1. The predicted octanol–water partition coefficient (Wildman–Crippen LogP) is 2.06. The van der Waals surface area contributed by atoms with Gasteiger partial charge in [-0.05, 0) is 17.7 Å². The summed E-state index contributed by atoms with van der Waals surface area (Å²) in [6, 6.07) is 10.6. The van der Waals surface area contributed by atoms with Gasteiger partial charge in [-0.3, -0.25) is 10.7 Å². The fourth-order valence-corrected chi connectivity index (χ4v) is 3.02. The third kappa shape index (κ3) is 2.82. The van der Waals surface area contributed by atoms with E-state index in [1.54, 1.807) is 41.2 Å². The van der Waals surface area contributed by atoms with Crippen molar-refractivity contribution in [3.8, 4) is 0 Å². The number of hydrogen-bond acceptors (Lipinski definition) is 2. The quantitative estimate of drug-likeness (QED) is 0.398. The lowest BCUT2D eigenvalue weighted by Gasteiger charge is -2.30. The zero-order valence-corrected chi connectivity index (χ0v) is 12.8. The number of aromatic nitrogens is 1. The Hall–Kier alpha value is -2.69. The molecule has 1 amide bonds. The first-order valence-electron chi connectivity index (χ1n) is 6.95. The lowest BCUT2D eigenvalue weighted by molar-refractivity contribution is -0.711. The van der Waals surface area contributed by atoms with Crippen molar-refractivity contribution in [1.82, 2.24) is 5.32 Å². The number of rotatable bonds is 2. The van der Waals surface area contributed by atoms with Crippen molar-refractivity contribution in [2.45, 2.75) is 12.0 Å². The number of piperidine rings is 1. The van der Waals surface area contributed by atoms with Crippen LogP contribution in [0.4, 0.5) is 4.39 Å². The molecule has 0 bridgehead atoms. The van der Waals surface area contributed by atoms with Crippen LogP contribution in [0.15, 0.2) is 60.4 Å². The first kappa shape index (κ1) is 15.2.